The van der Waals surface area contributed by atoms with Crippen LogP contribution in [0, 0.1) is 0 Å². The standard InChI is InChI=1S/C17H22O3/c1-14(18)20-17(13-16-9-5-6-12-19-16)11-10-15-7-3-2-4-8-15/h2-4,7-8,13,16H,5-6,9-12H2,1H3/b17-13-. The molecule has 1 aliphatic heterocycles. The molecule has 0 N–H and O–H groups in total. The average Bonchev–Trinajstić information content (AvgIpc) is 2.46. The van der Waals surface area contributed by atoms with E-state index >= 15 is 0 Å². The normalized spacial score (nSPS) is 19.6. The molecule has 1 unspecified atom stereocenters. The summed E-state index contributed by atoms with van der Waals surface area (Å²) in [6, 6.07) is 10.2. The van der Waals surface area contributed by atoms with Crippen LogP contribution in [0.4, 0.5) is 0 Å². The highest BCUT2D eigenvalue weighted by Gasteiger charge is 2.14. The Bertz CT molecular complexity index is 445. The second kappa shape index (κ2) is 7.85. The lowest BCUT2D eigenvalue weighted by molar-refractivity contribution is -0.137. The van der Waals surface area contributed by atoms with Gasteiger partial charge in [0.25, 0.3) is 0 Å². The summed E-state index contributed by atoms with van der Waals surface area (Å²) in [4.78, 5) is 11.2. The Morgan fingerprint density at radius 3 is 2.80 bits per heavy atom. The van der Waals surface area contributed by atoms with Gasteiger partial charge in [-0.1, -0.05) is 30.3 Å². The molecule has 2 rings (SSSR count). The van der Waals surface area contributed by atoms with E-state index in [9.17, 15) is 4.79 Å². The van der Waals surface area contributed by atoms with Gasteiger partial charge in [-0.15, -0.1) is 0 Å². The van der Waals surface area contributed by atoms with Crippen LogP contribution >= 0.6 is 0 Å². The van der Waals surface area contributed by atoms with Gasteiger partial charge in [0.1, 0.15) is 5.76 Å². The molecule has 1 saturated heterocycles. The Morgan fingerprint density at radius 2 is 2.15 bits per heavy atom. The van der Waals surface area contributed by atoms with Gasteiger partial charge in [0, 0.05) is 20.0 Å². The number of rotatable bonds is 5. The van der Waals surface area contributed by atoms with E-state index in [-0.39, 0.29) is 12.1 Å². The van der Waals surface area contributed by atoms with Gasteiger partial charge >= 0.3 is 5.97 Å². The van der Waals surface area contributed by atoms with E-state index in [0.29, 0.717) is 0 Å². The Balaban J connectivity index is 1.95. The highest BCUT2D eigenvalue weighted by molar-refractivity contribution is 5.67. The number of esters is 1. The monoisotopic (exact) mass is 274 g/mol. The van der Waals surface area contributed by atoms with Crippen molar-refractivity contribution in [3.05, 3.63) is 47.7 Å². The summed E-state index contributed by atoms with van der Waals surface area (Å²) in [6.45, 7) is 2.24. The van der Waals surface area contributed by atoms with Crippen molar-refractivity contribution in [2.75, 3.05) is 6.61 Å². The van der Waals surface area contributed by atoms with Gasteiger partial charge < -0.3 is 9.47 Å². The zero-order chi connectivity index (χ0) is 14.2. The lowest BCUT2D eigenvalue weighted by atomic mass is 10.1. The first-order valence-corrected chi connectivity index (χ1v) is 7.28. The van der Waals surface area contributed by atoms with Crippen LogP contribution in [0.2, 0.25) is 0 Å². The number of allylic oxidation sites excluding steroid dienone is 1. The maximum atomic E-state index is 11.2. The van der Waals surface area contributed by atoms with Gasteiger partial charge in [0.2, 0.25) is 0 Å². The molecule has 0 spiro atoms. The topological polar surface area (TPSA) is 35.5 Å². The first-order chi connectivity index (χ1) is 9.74. The van der Waals surface area contributed by atoms with E-state index in [0.717, 1.165) is 38.0 Å². The highest BCUT2D eigenvalue weighted by Crippen LogP contribution is 2.18. The highest BCUT2D eigenvalue weighted by atomic mass is 16.5. The Labute approximate surface area is 120 Å². The van der Waals surface area contributed by atoms with E-state index in [2.05, 4.69) is 12.1 Å². The zero-order valence-corrected chi connectivity index (χ0v) is 12.0. The minimum Gasteiger partial charge on any atom is -0.432 e. The third kappa shape index (κ3) is 5.17. The molecule has 3 heteroatoms. The number of hydrogen-bond donors (Lipinski definition) is 0. The van der Waals surface area contributed by atoms with Crippen molar-refractivity contribution in [1.29, 1.82) is 0 Å². The largest absolute Gasteiger partial charge is 0.432 e. The smallest absolute Gasteiger partial charge is 0.307 e. The quantitative estimate of drug-likeness (QED) is 0.607. The van der Waals surface area contributed by atoms with Crippen LogP contribution in [0.1, 0.15) is 38.2 Å². The van der Waals surface area contributed by atoms with E-state index in [1.807, 2.05) is 24.3 Å². The Morgan fingerprint density at radius 1 is 1.35 bits per heavy atom. The molecule has 0 aromatic heterocycles. The number of hydrogen-bond acceptors (Lipinski definition) is 3. The molecule has 3 nitrogen and oxygen atoms in total. The molecule has 0 radical (unpaired) electrons. The maximum absolute atomic E-state index is 11.2. The Kier molecular flexibility index (Phi) is 5.81. The second-order valence-corrected chi connectivity index (χ2v) is 5.12. The summed E-state index contributed by atoms with van der Waals surface area (Å²) < 4.78 is 11.0. The molecule has 1 aromatic rings. The molecule has 1 aliphatic rings. The fraction of sp³-hybridized carbons (Fsp3) is 0.471. The van der Waals surface area contributed by atoms with Crippen molar-refractivity contribution in [2.24, 2.45) is 0 Å². The van der Waals surface area contributed by atoms with Crippen LogP contribution in [-0.2, 0) is 20.7 Å². The number of carbonyl (C=O) groups excluding carboxylic acids is 1. The van der Waals surface area contributed by atoms with E-state index < -0.39 is 0 Å². The van der Waals surface area contributed by atoms with E-state index in [1.54, 1.807) is 0 Å². The molecule has 20 heavy (non-hydrogen) atoms. The molecular formula is C17H22O3. The van der Waals surface area contributed by atoms with Crippen molar-refractivity contribution in [3.8, 4) is 0 Å². The SMILES string of the molecule is CC(=O)O/C(=C\C1CCCCO1)CCc1ccccc1. The molecular weight excluding hydrogens is 252 g/mol. The minimum absolute atomic E-state index is 0.0915. The van der Waals surface area contributed by atoms with Gasteiger partial charge in [-0.3, -0.25) is 4.79 Å². The van der Waals surface area contributed by atoms with Crippen LogP contribution in [0.3, 0.4) is 0 Å². The number of carbonyl (C=O) groups is 1. The first-order valence-electron chi connectivity index (χ1n) is 7.28. The van der Waals surface area contributed by atoms with Crippen molar-refractivity contribution in [2.45, 2.75) is 45.1 Å². The average molecular weight is 274 g/mol. The van der Waals surface area contributed by atoms with Crippen LogP contribution in [0.5, 0.6) is 0 Å². The predicted molar refractivity (Wildman–Crippen MR) is 78.2 cm³/mol. The summed E-state index contributed by atoms with van der Waals surface area (Å²) >= 11 is 0. The van der Waals surface area contributed by atoms with Crippen molar-refractivity contribution in [1.82, 2.24) is 0 Å². The zero-order valence-electron chi connectivity index (χ0n) is 12.0. The number of ether oxygens (including phenoxy) is 2. The number of aryl methyl sites for hydroxylation is 1. The molecule has 1 fully saturated rings. The second-order valence-electron chi connectivity index (χ2n) is 5.12. The van der Waals surface area contributed by atoms with Crippen molar-refractivity contribution >= 4 is 5.97 Å². The van der Waals surface area contributed by atoms with Crippen molar-refractivity contribution < 1.29 is 14.3 Å². The summed E-state index contributed by atoms with van der Waals surface area (Å²) in [6.07, 6.45) is 6.97. The summed E-state index contributed by atoms with van der Waals surface area (Å²) in [5.41, 5.74) is 1.25. The minimum atomic E-state index is -0.264. The maximum Gasteiger partial charge on any atom is 0.307 e. The molecule has 1 heterocycles. The summed E-state index contributed by atoms with van der Waals surface area (Å²) in [5.74, 6) is 0.466. The summed E-state index contributed by atoms with van der Waals surface area (Å²) in [5, 5.41) is 0. The lowest BCUT2D eigenvalue weighted by Gasteiger charge is -2.20. The van der Waals surface area contributed by atoms with E-state index in [1.165, 1.54) is 18.9 Å². The molecule has 1 atom stereocenters. The molecule has 0 saturated carbocycles. The fourth-order valence-electron chi connectivity index (χ4n) is 2.37. The van der Waals surface area contributed by atoms with Gasteiger partial charge in [0.15, 0.2) is 0 Å². The van der Waals surface area contributed by atoms with Gasteiger partial charge in [-0.05, 0) is 37.3 Å². The predicted octanol–water partition coefficient (Wildman–Crippen LogP) is 3.64. The van der Waals surface area contributed by atoms with Crippen LogP contribution in [-0.4, -0.2) is 18.7 Å². The third-order valence-corrected chi connectivity index (χ3v) is 3.36. The van der Waals surface area contributed by atoms with Crippen LogP contribution in [0.15, 0.2) is 42.2 Å². The lowest BCUT2D eigenvalue weighted by Crippen LogP contribution is -2.18. The van der Waals surface area contributed by atoms with Crippen molar-refractivity contribution in [3.63, 3.8) is 0 Å². The van der Waals surface area contributed by atoms with E-state index in [4.69, 9.17) is 9.47 Å². The van der Waals surface area contributed by atoms with Gasteiger partial charge in [-0.2, -0.15) is 0 Å². The number of benzene rings is 1. The first kappa shape index (κ1) is 14.8. The molecule has 0 amide bonds. The van der Waals surface area contributed by atoms with Crippen LogP contribution in [0.25, 0.3) is 0 Å². The van der Waals surface area contributed by atoms with Gasteiger partial charge in [-0.25, -0.2) is 0 Å². The summed E-state index contributed by atoms with van der Waals surface area (Å²) in [7, 11) is 0. The molecule has 0 bridgehead atoms. The van der Waals surface area contributed by atoms with Crippen LogP contribution < -0.4 is 0 Å². The molecule has 108 valence electrons. The molecule has 1 aromatic carbocycles. The van der Waals surface area contributed by atoms with Gasteiger partial charge in [0.05, 0.1) is 6.10 Å². The fourth-order valence-corrected chi connectivity index (χ4v) is 2.37. The molecule has 0 aliphatic carbocycles. The third-order valence-electron chi connectivity index (χ3n) is 3.36. The Hall–Kier alpha value is -1.61.